The van der Waals surface area contributed by atoms with Gasteiger partial charge in [-0.15, -0.1) is 0 Å². The molecule has 0 radical (unpaired) electrons. The molecule has 1 heterocycles. The number of non-ortho nitro benzene ring substituents is 1. The molecule has 0 spiro atoms. The molecule has 0 N–H and O–H groups in total. The predicted octanol–water partition coefficient (Wildman–Crippen LogP) is 2.29. The summed E-state index contributed by atoms with van der Waals surface area (Å²) in [6.07, 6.45) is 1.16. The summed E-state index contributed by atoms with van der Waals surface area (Å²) in [5.74, 6) is -1.52. The van der Waals surface area contributed by atoms with E-state index in [-0.39, 0.29) is 11.3 Å². The third-order valence-electron chi connectivity index (χ3n) is 3.79. The molecule has 0 saturated heterocycles. The summed E-state index contributed by atoms with van der Waals surface area (Å²) in [4.78, 5) is 45.5. The number of nitro groups is 2. The molecule has 136 valence electrons. The zero-order valence-corrected chi connectivity index (χ0v) is 13.6. The van der Waals surface area contributed by atoms with Crippen LogP contribution in [0.15, 0.2) is 54.6 Å². The maximum atomic E-state index is 12.4. The van der Waals surface area contributed by atoms with E-state index in [1.165, 1.54) is 0 Å². The van der Waals surface area contributed by atoms with Crippen LogP contribution < -0.4 is 4.74 Å². The number of benzene rings is 2. The van der Waals surface area contributed by atoms with Gasteiger partial charge in [-0.25, -0.2) is 4.90 Å². The lowest BCUT2D eigenvalue weighted by Gasteiger charge is -2.15. The normalized spacial score (nSPS) is 13.5. The van der Waals surface area contributed by atoms with Gasteiger partial charge in [0.05, 0.1) is 21.5 Å². The standard InChI is InChI=1S/C17H11N3O7/c21-16-9-13(11-4-2-1-3-5-11)17(22)18(16)10-27-15-7-6-12(19(23)24)8-14(15)20(25)26/h1-9H,10H2. The van der Waals surface area contributed by atoms with Crippen molar-refractivity contribution >= 4 is 28.8 Å². The van der Waals surface area contributed by atoms with E-state index in [1.807, 2.05) is 0 Å². The first-order valence-electron chi connectivity index (χ1n) is 7.57. The van der Waals surface area contributed by atoms with Gasteiger partial charge in [-0.05, 0) is 11.6 Å². The zero-order valence-electron chi connectivity index (χ0n) is 13.6. The van der Waals surface area contributed by atoms with Crippen LogP contribution in [0.2, 0.25) is 0 Å². The highest BCUT2D eigenvalue weighted by molar-refractivity contribution is 6.33. The second kappa shape index (κ2) is 7.04. The van der Waals surface area contributed by atoms with E-state index < -0.39 is 39.8 Å². The van der Waals surface area contributed by atoms with E-state index in [9.17, 15) is 29.8 Å². The van der Waals surface area contributed by atoms with Crippen molar-refractivity contribution in [3.05, 3.63) is 80.4 Å². The number of amides is 2. The third kappa shape index (κ3) is 3.49. The number of ether oxygens (including phenoxy) is 1. The minimum absolute atomic E-state index is 0.183. The van der Waals surface area contributed by atoms with E-state index in [2.05, 4.69) is 0 Å². The summed E-state index contributed by atoms with van der Waals surface area (Å²) in [7, 11) is 0. The maximum Gasteiger partial charge on any atom is 0.317 e. The number of hydrogen-bond donors (Lipinski definition) is 0. The highest BCUT2D eigenvalue weighted by Gasteiger charge is 2.32. The number of nitro benzene ring substituents is 2. The molecule has 0 aliphatic carbocycles. The largest absolute Gasteiger partial charge is 0.465 e. The van der Waals surface area contributed by atoms with E-state index >= 15 is 0 Å². The van der Waals surface area contributed by atoms with Crippen molar-refractivity contribution in [2.45, 2.75) is 0 Å². The Kier molecular flexibility index (Phi) is 4.62. The lowest BCUT2D eigenvalue weighted by Crippen LogP contribution is -2.34. The van der Waals surface area contributed by atoms with Crippen molar-refractivity contribution in [2.75, 3.05) is 6.73 Å². The Labute approximate surface area is 151 Å². The molecule has 2 aromatic rings. The van der Waals surface area contributed by atoms with Crippen molar-refractivity contribution in [3.8, 4) is 5.75 Å². The number of nitrogens with zero attached hydrogens (tertiary/aromatic N) is 3. The van der Waals surface area contributed by atoms with Gasteiger partial charge in [0.2, 0.25) is 0 Å². The minimum Gasteiger partial charge on any atom is -0.465 e. The SMILES string of the molecule is O=C1C=C(c2ccccc2)C(=O)N1COc1ccc([N+](=O)[O-])cc1[N+](=O)[O-]. The minimum atomic E-state index is -0.844. The molecule has 0 fully saturated rings. The summed E-state index contributed by atoms with van der Waals surface area (Å²) in [6.45, 7) is -0.566. The monoisotopic (exact) mass is 369 g/mol. The number of hydrogen-bond acceptors (Lipinski definition) is 7. The summed E-state index contributed by atoms with van der Waals surface area (Å²) >= 11 is 0. The molecule has 0 atom stereocenters. The molecule has 2 aromatic carbocycles. The Morgan fingerprint density at radius 1 is 0.963 bits per heavy atom. The quantitative estimate of drug-likeness (QED) is 0.433. The fraction of sp³-hybridized carbons (Fsp3) is 0.0588. The average Bonchev–Trinajstić information content (AvgIpc) is 2.94. The molecular formula is C17H11N3O7. The van der Waals surface area contributed by atoms with Crippen LogP contribution in [-0.2, 0) is 9.59 Å². The molecule has 0 unspecified atom stereocenters. The Bertz CT molecular complexity index is 985. The lowest BCUT2D eigenvalue weighted by molar-refractivity contribution is -0.394. The van der Waals surface area contributed by atoms with Gasteiger partial charge in [-0.3, -0.25) is 29.8 Å². The first-order chi connectivity index (χ1) is 12.9. The van der Waals surface area contributed by atoms with E-state index in [1.54, 1.807) is 30.3 Å². The van der Waals surface area contributed by atoms with Crippen molar-refractivity contribution in [3.63, 3.8) is 0 Å². The van der Waals surface area contributed by atoms with Crippen molar-refractivity contribution in [1.29, 1.82) is 0 Å². The second-order valence-electron chi connectivity index (χ2n) is 5.44. The topological polar surface area (TPSA) is 133 Å². The van der Waals surface area contributed by atoms with Gasteiger partial charge in [0.15, 0.2) is 12.5 Å². The van der Waals surface area contributed by atoms with Crippen LogP contribution in [0.1, 0.15) is 5.56 Å². The van der Waals surface area contributed by atoms with Crippen LogP contribution in [-0.4, -0.2) is 33.3 Å². The van der Waals surface area contributed by atoms with E-state index in [0.29, 0.717) is 5.56 Å². The summed E-state index contributed by atoms with van der Waals surface area (Å²) < 4.78 is 5.23. The molecular weight excluding hydrogens is 358 g/mol. The molecule has 10 nitrogen and oxygen atoms in total. The van der Waals surface area contributed by atoms with Crippen molar-refractivity contribution in [2.24, 2.45) is 0 Å². The Balaban J connectivity index is 1.78. The molecule has 0 bridgehead atoms. The first-order valence-corrected chi connectivity index (χ1v) is 7.57. The van der Waals surface area contributed by atoms with Crippen LogP contribution in [0.25, 0.3) is 5.57 Å². The smallest absolute Gasteiger partial charge is 0.317 e. The summed E-state index contributed by atoms with van der Waals surface area (Å²) in [6, 6.07) is 11.4. The van der Waals surface area contributed by atoms with E-state index in [4.69, 9.17) is 4.74 Å². The van der Waals surface area contributed by atoms with Crippen LogP contribution in [0.5, 0.6) is 5.75 Å². The Hall–Kier alpha value is -4.08. The highest BCUT2D eigenvalue weighted by Crippen LogP contribution is 2.31. The van der Waals surface area contributed by atoms with Crippen LogP contribution >= 0.6 is 0 Å². The predicted molar refractivity (Wildman–Crippen MR) is 91.5 cm³/mol. The van der Waals surface area contributed by atoms with Gasteiger partial charge < -0.3 is 4.74 Å². The van der Waals surface area contributed by atoms with Crippen LogP contribution in [0, 0.1) is 20.2 Å². The molecule has 27 heavy (non-hydrogen) atoms. The fourth-order valence-electron chi connectivity index (χ4n) is 2.47. The number of carbonyl (C=O) groups is 2. The maximum absolute atomic E-state index is 12.4. The van der Waals surface area contributed by atoms with Crippen molar-refractivity contribution in [1.82, 2.24) is 4.90 Å². The van der Waals surface area contributed by atoms with Gasteiger partial charge in [-0.2, -0.15) is 0 Å². The summed E-state index contributed by atoms with van der Waals surface area (Å²) in [5.41, 5.74) is -0.378. The van der Waals surface area contributed by atoms with Crippen molar-refractivity contribution < 1.29 is 24.2 Å². The van der Waals surface area contributed by atoms with Gasteiger partial charge in [-0.1, -0.05) is 30.3 Å². The van der Waals surface area contributed by atoms with E-state index in [0.717, 1.165) is 29.2 Å². The number of carbonyl (C=O) groups excluding carboxylic acids is 2. The summed E-state index contributed by atoms with van der Waals surface area (Å²) in [5, 5.41) is 21.9. The zero-order chi connectivity index (χ0) is 19.6. The second-order valence-corrected chi connectivity index (χ2v) is 5.44. The Morgan fingerprint density at radius 3 is 2.30 bits per heavy atom. The average molecular weight is 369 g/mol. The number of rotatable bonds is 6. The Morgan fingerprint density at radius 2 is 1.67 bits per heavy atom. The van der Waals surface area contributed by atoms with Gasteiger partial charge in [0.1, 0.15) is 0 Å². The number of imide groups is 1. The van der Waals surface area contributed by atoms with Crippen LogP contribution in [0.4, 0.5) is 11.4 Å². The molecule has 0 saturated carbocycles. The molecule has 1 aliphatic rings. The molecule has 10 heteroatoms. The molecule has 0 aromatic heterocycles. The fourth-order valence-corrected chi connectivity index (χ4v) is 2.47. The van der Waals surface area contributed by atoms with Gasteiger partial charge in [0.25, 0.3) is 17.5 Å². The van der Waals surface area contributed by atoms with Gasteiger partial charge >= 0.3 is 5.69 Å². The van der Waals surface area contributed by atoms with Crippen LogP contribution in [0.3, 0.4) is 0 Å². The molecule has 1 aliphatic heterocycles. The lowest BCUT2D eigenvalue weighted by atomic mass is 10.1. The first kappa shape index (κ1) is 17.7. The molecule has 2 amide bonds. The molecule has 3 rings (SSSR count). The van der Waals surface area contributed by atoms with Gasteiger partial charge in [0, 0.05) is 12.1 Å². The highest BCUT2D eigenvalue weighted by atomic mass is 16.6. The third-order valence-corrected chi connectivity index (χ3v) is 3.79.